The van der Waals surface area contributed by atoms with Crippen molar-refractivity contribution in [2.45, 2.75) is 13.0 Å². The van der Waals surface area contributed by atoms with Gasteiger partial charge < -0.3 is 10.6 Å². The van der Waals surface area contributed by atoms with Crippen LogP contribution in [-0.4, -0.2) is 17.9 Å². The van der Waals surface area contributed by atoms with Crippen molar-refractivity contribution in [2.24, 2.45) is 0 Å². The van der Waals surface area contributed by atoms with Gasteiger partial charge >= 0.3 is 0 Å². The number of carbonyl (C=O) groups is 1. The maximum Gasteiger partial charge on any atom is 0.270 e. The van der Waals surface area contributed by atoms with Crippen molar-refractivity contribution in [1.82, 2.24) is 5.32 Å². The van der Waals surface area contributed by atoms with E-state index in [-0.39, 0.29) is 23.4 Å². The minimum absolute atomic E-state index is 0.0693. The first-order chi connectivity index (χ1) is 11.4. The Labute approximate surface area is 136 Å². The molecule has 0 bridgehead atoms. The number of hydrogen-bond donors (Lipinski definition) is 2. The summed E-state index contributed by atoms with van der Waals surface area (Å²) in [7, 11) is 1.42. The molecule has 0 atom stereocenters. The highest BCUT2D eigenvalue weighted by Gasteiger charge is 2.15. The van der Waals surface area contributed by atoms with E-state index in [2.05, 4.69) is 10.6 Å². The molecule has 0 aliphatic rings. The van der Waals surface area contributed by atoms with Crippen LogP contribution in [0.4, 0.5) is 20.2 Å². The van der Waals surface area contributed by atoms with Gasteiger partial charge in [0.05, 0.1) is 10.5 Å². The first-order valence-corrected chi connectivity index (χ1v) is 7.03. The second kappa shape index (κ2) is 7.49. The first kappa shape index (κ1) is 17.3. The third-order valence-electron chi connectivity index (χ3n) is 3.40. The molecule has 0 heterocycles. The van der Waals surface area contributed by atoms with Gasteiger partial charge in [0.2, 0.25) is 0 Å². The number of halogens is 2. The Morgan fingerprint density at radius 1 is 1.21 bits per heavy atom. The second-order valence-electron chi connectivity index (χ2n) is 4.96. The van der Waals surface area contributed by atoms with Crippen molar-refractivity contribution in [3.63, 3.8) is 0 Å². The van der Waals surface area contributed by atoms with Crippen LogP contribution in [-0.2, 0) is 6.54 Å². The number of amides is 1. The van der Waals surface area contributed by atoms with Crippen LogP contribution in [0, 0.1) is 10.1 Å². The van der Waals surface area contributed by atoms with Crippen molar-refractivity contribution < 1.29 is 18.5 Å². The van der Waals surface area contributed by atoms with Crippen LogP contribution in [0.3, 0.4) is 0 Å². The summed E-state index contributed by atoms with van der Waals surface area (Å²) in [6, 6.07) is 9.68. The van der Waals surface area contributed by atoms with Gasteiger partial charge in [-0.3, -0.25) is 14.9 Å². The largest absolute Gasteiger partial charge is 0.380 e. The molecule has 0 aromatic heterocycles. The average Bonchev–Trinajstić information content (AvgIpc) is 2.59. The Morgan fingerprint density at radius 3 is 2.42 bits per heavy atom. The van der Waals surface area contributed by atoms with E-state index in [1.165, 1.54) is 37.4 Å². The number of non-ortho nitro benzene ring substituents is 1. The smallest absolute Gasteiger partial charge is 0.270 e. The zero-order valence-corrected chi connectivity index (χ0v) is 12.8. The molecule has 24 heavy (non-hydrogen) atoms. The second-order valence-corrected chi connectivity index (χ2v) is 4.96. The molecule has 0 aliphatic carbocycles. The van der Waals surface area contributed by atoms with E-state index in [1.807, 2.05) is 0 Å². The number of benzene rings is 2. The number of anilines is 1. The van der Waals surface area contributed by atoms with E-state index in [0.717, 1.165) is 5.56 Å². The molecule has 0 spiro atoms. The van der Waals surface area contributed by atoms with Gasteiger partial charge in [0, 0.05) is 37.0 Å². The lowest BCUT2D eigenvalue weighted by molar-refractivity contribution is -0.384. The maximum absolute atomic E-state index is 12.5. The predicted octanol–water partition coefficient (Wildman–Crippen LogP) is 3.50. The standard InChI is InChI=1S/C16H15F2N3O3/c1-19-16(22)13-8-12(21(23)24)6-7-14(13)20-9-10-2-4-11(5-3-10)15(17)18/h2-8,15,20H,9H2,1H3,(H,19,22). The number of carbonyl (C=O) groups excluding carboxylic acids is 1. The predicted molar refractivity (Wildman–Crippen MR) is 85.2 cm³/mol. The van der Waals surface area contributed by atoms with Gasteiger partial charge in [-0.1, -0.05) is 24.3 Å². The van der Waals surface area contributed by atoms with Crippen molar-refractivity contribution >= 4 is 17.3 Å². The van der Waals surface area contributed by atoms with Gasteiger partial charge in [-0.05, 0) is 11.6 Å². The number of nitro benzene ring substituents is 1. The van der Waals surface area contributed by atoms with E-state index in [0.29, 0.717) is 5.69 Å². The molecule has 2 N–H and O–H groups in total. The number of nitrogens with one attached hydrogen (secondary N) is 2. The van der Waals surface area contributed by atoms with Crippen molar-refractivity contribution in [1.29, 1.82) is 0 Å². The summed E-state index contributed by atoms with van der Waals surface area (Å²) in [6.07, 6.45) is -2.53. The number of nitrogens with zero attached hydrogens (tertiary/aromatic N) is 1. The molecule has 2 aromatic carbocycles. The minimum atomic E-state index is -2.53. The van der Waals surface area contributed by atoms with Crippen LogP contribution in [0.15, 0.2) is 42.5 Å². The lowest BCUT2D eigenvalue weighted by atomic mass is 10.1. The molecule has 0 saturated heterocycles. The Bertz CT molecular complexity index is 749. The summed E-state index contributed by atoms with van der Waals surface area (Å²) in [6.45, 7) is 0.283. The fraction of sp³-hybridized carbons (Fsp3) is 0.188. The first-order valence-electron chi connectivity index (χ1n) is 7.03. The van der Waals surface area contributed by atoms with Gasteiger partial charge in [0.1, 0.15) is 0 Å². The van der Waals surface area contributed by atoms with E-state index in [1.54, 1.807) is 12.1 Å². The SMILES string of the molecule is CNC(=O)c1cc([N+](=O)[O-])ccc1NCc1ccc(C(F)F)cc1. The summed E-state index contributed by atoms with van der Waals surface area (Å²) in [5.41, 5.74) is 1.02. The van der Waals surface area contributed by atoms with E-state index >= 15 is 0 Å². The Balaban J connectivity index is 2.19. The monoisotopic (exact) mass is 335 g/mol. The van der Waals surface area contributed by atoms with Gasteiger partial charge in [-0.25, -0.2) is 8.78 Å². The highest BCUT2D eigenvalue weighted by Crippen LogP contribution is 2.23. The molecule has 6 nitrogen and oxygen atoms in total. The molecule has 1 amide bonds. The summed E-state index contributed by atoms with van der Waals surface area (Å²) in [4.78, 5) is 22.1. The molecule has 8 heteroatoms. The Morgan fingerprint density at radius 2 is 1.88 bits per heavy atom. The minimum Gasteiger partial charge on any atom is -0.380 e. The number of rotatable bonds is 6. The number of alkyl halides is 2. The molecule has 0 saturated carbocycles. The van der Waals surface area contributed by atoms with Crippen molar-refractivity contribution in [3.8, 4) is 0 Å². The molecular formula is C16H15F2N3O3. The third kappa shape index (κ3) is 4.03. The fourth-order valence-corrected chi connectivity index (χ4v) is 2.10. The molecule has 0 aliphatic heterocycles. The number of nitro groups is 1. The Kier molecular flexibility index (Phi) is 5.41. The van der Waals surface area contributed by atoms with Crippen molar-refractivity contribution in [2.75, 3.05) is 12.4 Å². The summed E-state index contributed by atoms with van der Waals surface area (Å²) >= 11 is 0. The van der Waals surface area contributed by atoms with Crippen LogP contribution < -0.4 is 10.6 Å². The summed E-state index contributed by atoms with van der Waals surface area (Å²) < 4.78 is 25.0. The highest BCUT2D eigenvalue weighted by atomic mass is 19.3. The van der Waals surface area contributed by atoms with Gasteiger partial charge in [0.25, 0.3) is 18.0 Å². The molecule has 0 unspecified atom stereocenters. The molecule has 126 valence electrons. The van der Waals surface area contributed by atoms with Crippen LogP contribution in [0.5, 0.6) is 0 Å². The number of hydrogen-bond acceptors (Lipinski definition) is 4. The molecule has 2 rings (SSSR count). The lowest BCUT2D eigenvalue weighted by Gasteiger charge is -2.11. The van der Waals surface area contributed by atoms with Crippen molar-refractivity contribution in [3.05, 3.63) is 69.3 Å². The maximum atomic E-state index is 12.5. The van der Waals surface area contributed by atoms with Gasteiger partial charge in [-0.2, -0.15) is 0 Å². The molecular weight excluding hydrogens is 320 g/mol. The highest BCUT2D eigenvalue weighted by molar-refractivity contribution is 6.00. The molecule has 0 radical (unpaired) electrons. The molecule has 0 fully saturated rings. The Hall–Kier alpha value is -3.03. The van der Waals surface area contributed by atoms with E-state index in [9.17, 15) is 23.7 Å². The van der Waals surface area contributed by atoms with Gasteiger partial charge in [0.15, 0.2) is 0 Å². The zero-order chi connectivity index (χ0) is 17.7. The lowest BCUT2D eigenvalue weighted by Crippen LogP contribution is -2.20. The average molecular weight is 335 g/mol. The summed E-state index contributed by atoms with van der Waals surface area (Å²) in [5.74, 6) is -0.464. The van der Waals surface area contributed by atoms with Crippen LogP contribution >= 0.6 is 0 Å². The van der Waals surface area contributed by atoms with Crippen LogP contribution in [0.2, 0.25) is 0 Å². The quantitative estimate of drug-likeness (QED) is 0.625. The molecule has 2 aromatic rings. The normalized spacial score (nSPS) is 10.5. The zero-order valence-electron chi connectivity index (χ0n) is 12.8. The van der Waals surface area contributed by atoms with E-state index in [4.69, 9.17) is 0 Å². The fourth-order valence-electron chi connectivity index (χ4n) is 2.10. The van der Waals surface area contributed by atoms with E-state index < -0.39 is 17.3 Å². The topological polar surface area (TPSA) is 84.3 Å². The van der Waals surface area contributed by atoms with Crippen LogP contribution in [0.1, 0.15) is 27.9 Å². The summed E-state index contributed by atoms with van der Waals surface area (Å²) in [5, 5.41) is 16.2. The van der Waals surface area contributed by atoms with Crippen LogP contribution in [0.25, 0.3) is 0 Å². The van der Waals surface area contributed by atoms with Gasteiger partial charge in [-0.15, -0.1) is 0 Å². The third-order valence-corrected chi connectivity index (χ3v) is 3.40.